The van der Waals surface area contributed by atoms with E-state index in [4.69, 9.17) is 4.74 Å². The Morgan fingerprint density at radius 1 is 1.55 bits per heavy atom. The molecule has 0 saturated carbocycles. The lowest BCUT2D eigenvalue weighted by Crippen LogP contribution is -2.30. The van der Waals surface area contributed by atoms with Crippen LogP contribution in [0.4, 0.5) is 4.39 Å². The first kappa shape index (κ1) is 14.2. The molecule has 0 aliphatic carbocycles. The highest BCUT2D eigenvalue weighted by Gasteiger charge is 2.32. The number of nitrogens with one attached hydrogen (secondary N) is 1. The summed E-state index contributed by atoms with van der Waals surface area (Å²) in [5.41, 5.74) is -0.346. The van der Waals surface area contributed by atoms with E-state index in [0.717, 1.165) is 6.33 Å². The molecular formula is C12H12FN5O4. The first-order chi connectivity index (χ1) is 10.6. The van der Waals surface area contributed by atoms with E-state index in [1.165, 1.54) is 12.0 Å². The third-order valence-corrected chi connectivity index (χ3v) is 3.47. The molecule has 1 saturated heterocycles. The number of methoxy groups -OCH3 is 1. The summed E-state index contributed by atoms with van der Waals surface area (Å²) in [4.78, 5) is 34.5. The van der Waals surface area contributed by atoms with Crippen molar-refractivity contribution >= 4 is 5.91 Å². The van der Waals surface area contributed by atoms with Crippen LogP contribution < -0.4 is 10.5 Å². The zero-order chi connectivity index (χ0) is 15.7. The van der Waals surface area contributed by atoms with Crippen molar-refractivity contribution in [2.24, 2.45) is 0 Å². The Labute approximate surface area is 123 Å². The van der Waals surface area contributed by atoms with E-state index in [-0.39, 0.29) is 24.0 Å². The third kappa shape index (κ3) is 2.43. The van der Waals surface area contributed by atoms with Gasteiger partial charge in [-0.25, -0.2) is 9.78 Å². The van der Waals surface area contributed by atoms with Crippen LogP contribution in [-0.2, 0) is 0 Å². The molecule has 1 amide bonds. The highest BCUT2D eigenvalue weighted by molar-refractivity contribution is 5.93. The minimum Gasteiger partial charge on any atom is -0.479 e. The van der Waals surface area contributed by atoms with Gasteiger partial charge in [0, 0.05) is 19.0 Å². The second-order valence-corrected chi connectivity index (χ2v) is 4.76. The fraction of sp³-hybridized carbons (Fsp3) is 0.417. The fourth-order valence-corrected chi connectivity index (χ4v) is 2.38. The van der Waals surface area contributed by atoms with Gasteiger partial charge < -0.3 is 9.64 Å². The van der Waals surface area contributed by atoms with Crippen molar-refractivity contribution in [3.05, 3.63) is 34.2 Å². The number of ether oxygens (including phenoxy) is 1. The van der Waals surface area contributed by atoms with Gasteiger partial charge in [0.15, 0.2) is 11.5 Å². The maximum atomic E-state index is 14.0. The minimum atomic E-state index is -0.895. The molecule has 1 atom stereocenters. The number of carbonyl (C=O) groups is 1. The summed E-state index contributed by atoms with van der Waals surface area (Å²) in [5.74, 6) is -2.18. The third-order valence-electron chi connectivity index (χ3n) is 3.47. The monoisotopic (exact) mass is 309 g/mol. The summed E-state index contributed by atoms with van der Waals surface area (Å²) in [5, 5.41) is 3.61. The summed E-state index contributed by atoms with van der Waals surface area (Å²) in [7, 11) is 1.26. The van der Waals surface area contributed by atoms with Gasteiger partial charge in [-0.05, 0) is 6.42 Å². The molecule has 9 nitrogen and oxygen atoms in total. The van der Waals surface area contributed by atoms with Crippen LogP contribution in [0.5, 0.6) is 5.88 Å². The SMILES string of the molecule is COc1ncnc(C(=O)N2CCC(c3noc(=O)[nH]3)C2)c1F. The molecule has 0 spiro atoms. The topological polar surface area (TPSA) is 114 Å². The van der Waals surface area contributed by atoms with Crippen LogP contribution in [0, 0.1) is 5.82 Å². The van der Waals surface area contributed by atoms with Gasteiger partial charge in [0.2, 0.25) is 5.82 Å². The molecule has 1 fully saturated rings. The fourth-order valence-electron chi connectivity index (χ4n) is 2.38. The standard InChI is InChI=1S/C12H12FN5O4/c1-21-10-7(13)8(14-5-15-10)11(19)18-3-2-6(4-18)9-16-12(20)22-17-9/h5-6H,2-4H2,1H3,(H,16,17,20). The quantitative estimate of drug-likeness (QED) is 0.844. The Balaban J connectivity index is 1.78. The lowest BCUT2D eigenvalue weighted by atomic mass is 10.1. The van der Waals surface area contributed by atoms with Crippen LogP contribution in [-0.4, -0.2) is 51.1 Å². The van der Waals surface area contributed by atoms with E-state index < -0.39 is 17.5 Å². The molecule has 10 heteroatoms. The summed E-state index contributed by atoms with van der Waals surface area (Å²) in [6.07, 6.45) is 1.65. The molecule has 3 heterocycles. The molecule has 1 N–H and O–H groups in total. The molecule has 1 aliphatic heterocycles. The summed E-state index contributed by atoms with van der Waals surface area (Å²) < 4.78 is 23.2. The Hall–Kier alpha value is -2.78. The Morgan fingerprint density at radius 2 is 2.36 bits per heavy atom. The van der Waals surface area contributed by atoms with Crippen LogP contribution >= 0.6 is 0 Å². The Morgan fingerprint density at radius 3 is 3.05 bits per heavy atom. The number of nitrogens with zero attached hydrogens (tertiary/aromatic N) is 4. The molecule has 2 aromatic heterocycles. The maximum Gasteiger partial charge on any atom is 0.438 e. The molecule has 3 rings (SSSR count). The van der Waals surface area contributed by atoms with Crippen molar-refractivity contribution in [3.8, 4) is 5.88 Å². The van der Waals surface area contributed by atoms with Gasteiger partial charge in [-0.3, -0.25) is 14.3 Å². The summed E-state index contributed by atoms with van der Waals surface area (Å²) in [6.45, 7) is 0.678. The van der Waals surface area contributed by atoms with Gasteiger partial charge in [-0.1, -0.05) is 5.16 Å². The molecule has 0 radical (unpaired) electrons. The van der Waals surface area contributed by atoms with E-state index >= 15 is 0 Å². The van der Waals surface area contributed by atoms with Gasteiger partial charge >= 0.3 is 5.76 Å². The lowest BCUT2D eigenvalue weighted by molar-refractivity contribution is 0.0778. The number of rotatable bonds is 3. The maximum absolute atomic E-state index is 14.0. The van der Waals surface area contributed by atoms with Gasteiger partial charge in [-0.2, -0.15) is 9.37 Å². The van der Waals surface area contributed by atoms with Crippen LogP contribution in [0.3, 0.4) is 0 Å². The first-order valence-corrected chi connectivity index (χ1v) is 6.49. The van der Waals surface area contributed by atoms with Crippen LogP contribution in [0.1, 0.15) is 28.7 Å². The molecule has 1 aliphatic rings. The number of amides is 1. The average Bonchev–Trinajstić information content (AvgIpc) is 3.15. The smallest absolute Gasteiger partial charge is 0.438 e. The van der Waals surface area contributed by atoms with E-state index in [1.807, 2.05) is 0 Å². The molecule has 1 unspecified atom stereocenters. The number of H-pyrrole nitrogens is 1. The second kappa shape index (κ2) is 5.54. The molecule has 0 bridgehead atoms. The Kier molecular flexibility index (Phi) is 3.57. The van der Waals surface area contributed by atoms with Crippen molar-refractivity contribution in [3.63, 3.8) is 0 Å². The van der Waals surface area contributed by atoms with Crippen molar-refractivity contribution in [1.29, 1.82) is 0 Å². The van der Waals surface area contributed by atoms with Gasteiger partial charge in [0.25, 0.3) is 11.8 Å². The van der Waals surface area contributed by atoms with Gasteiger partial charge in [-0.15, -0.1) is 0 Å². The first-order valence-electron chi connectivity index (χ1n) is 6.49. The number of halogens is 1. The number of aromatic amines is 1. The molecular weight excluding hydrogens is 297 g/mol. The number of hydrogen-bond acceptors (Lipinski definition) is 7. The summed E-state index contributed by atoms with van der Waals surface area (Å²) in [6, 6.07) is 0. The van der Waals surface area contributed by atoms with Crippen molar-refractivity contribution in [2.75, 3.05) is 20.2 Å². The van der Waals surface area contributed by atoms with Crippen molar-refractivity contribution < 1.29 is 18.4 Å². The predicted molar refractivity (Wildman–Crippen MR) is 68.9 cm³/mol. The molecule has 22 heavy (non-hydrogen) atoms. The van der Waals surface area contributed by atoms with Crippen molar-refractivity contribution in [2.45, 2.75) is 12.3 Å². The molecule has 0 aromatic carbocycles. The minimum absolute atomic E-state index is 0.165. The zero-order valence-corrected chi connectivity index (χ0v) is 11.6. The van der Waals surface area contributed by atoms with Gasteiger partial charge in [0.05, 0.1) is 7.11 Å². The molecule has 116 valence electrons. The average molecular weight is 309 g/mol. The number of likely N-dealkylation sites (tertiary alicyclic amines) is 1. The lowest BCUT2D eigenvalue weighted by Gasteiger charge is -2.15. The highest BCUT2D eigenvalue weighted by Crippen LogP contribution is 2.26. The van der Waals surface area contributed by atoms with Crippen LogP contribution in [0.25, 0.3) is 0 Å². The summed E-state index contributed by atoms with van der Waals surface area (Å²) >= 11 is 0. The van der Waals surface area contributed by atoms with E-state index in [2.05, 4.69) is 24.6 Å². The number of carbonyl (C=O) groups excluding carboxylic acids is 1. The largest absolute Gasteiger partial charge is 0.479 e. The molecule has 2 aromatic rings. The highest BCUT2D eigenvalue weighted by atomic mass is 19.1. The van der Waals surface area contributed by atoms with E-state index in [1.54, 1.807) is 0 Å². The van der Waals surface area contributed by atoms with Crippen molar-refractivity contribution in [1.82, 2.24) is 25.0 Å². The normalized spacial score (nSPS) is 17.7. The van der Waals surface area contributed by atoms with Crippen LogP contribution in [0.15, 0.2) is 15.6 Å². The predicted octanol–water partition coefficient (Wildman–Crippen LogP) is -0.0697. The number of aromatic nitrogens is 4. The zero-order valence-electron chi connectivity index (χ0n) is 11.6. The van der Waals surface area contributed by atoms with E-state index in [9.17, 15) is 14.0 Å². The Bertz CT molecular complexity index is 758. The number of hydrogen-bond donors (Lipinski definition) is 1. The van der Waals surface area contributed by atoms with E-state index in [0.29, 0.717) is 18.8 Å². The van der Waals surface area contributed by atoms with Gasteiger partial charge in [0.1, 0.15) is 6.33 Å². The van der Waals surface area contributed by atoms with Crippen LogP contribution in [0.2, 0.25) is 0 Å². The second-order valence-electron chi connectivity index (χ2n) is 4.76.